The Morgan fingerprint density at radius 2 is 1.31 bits per heavy atom. The Bertz CT molecular complexity index is 272. The molecule has 0 heterocycles. The number of hydrogen-bond acceptors (Lipinski definition) is 1. The molecule has 0 amide bonds. The van der Waals surface area contributed by atoms with Crippen LogP contribution in [-0.2, 0) is 0 Å². The topological polar surface area (TPSA) is 20.2 Å². The summed E-state index contributed by atoms with van der Waals surface area (Å²) in [7, 11) is 0. The second-order valence-corrected chi connectivity index (χ2v) is 8.51. The zero-order chi connectivity index (χ0) is 10.0. The maximum Gasteiger partial charge on any atom is 0.125 e. The van der Waals surface area contributed by atoms with Crippen LogP contribution in [0.2, 0.25) is 0 Å². The number of para-hydroxylation sites is 1. The molecule has 1 N–H and O–H groups in total. The van der Waals surface area contributed by atoms with E-state index >= 15 is 0 Å². The summed E-state index contributed by atoms with van der Waals surface area (Å²) >= 11 is 13.4. The van der Waals surface area contributed by atoms with E-state index in [9.17, 15) is 5.11 Å². The number of rotatable bonds is 2. The molecule has 0 spiro atoms. The highest BCUT2D eigenvalue weighted by molar-refractivity contribution is 9.24. The summed E-state index contributed by atoms with van der Waals surface area (Å²) in [6.45, 7) is 0. The number of aromatic hydroxyl groups is 1. The molecule has 0 bridgehead atoms. The minimum atomic E-state index is -0.0290. The average Bonchev–Trinajstić information content (AvgIpc) is 2.03. The molecule has 72 valence electrons. The lowest BCUT2D eigenvalue weighted by Gasteiger charge is -2.10. The Kier molecular flexibility index (Phi) is 4.75. The van der Waals surface area contributed by atoms with Crippen molar-refractivity contribution in [3.05, 3.63) is 29.3 Å². The summed E-state index contributed by atoms with van der Waals surface area (Å²) in [5, 5.41) is 9.81. The van der Waals surface area contributed by atoms with Gasteiger partial charge in [-0.15, -0.1) is 0 Å². The molecule has 0 unspecified atom stereocenters. The molecule has 1 aromatic carbocycles. The third kappa shape index (κ3) is 2.94. The van der Waals surface area contributed by atoms with Crippen molar-refractivity contribution in [2.75, 3.05) is 0 Å². The Labute approximate surface area is 110 Å². The molecular weight excluding hydrogens is 432 g/mol. The molecule has 0 aliphatic heterocycles. The molecule has 1 nitrogen and oxygen atoms in total. The second-order valence-electron chi connectivity index (χ2n) is 2.39. The van der Waals surface area contributed by atoms with Crippen LogP contribution in [0.5, 0.6) is 5.75 Å². The highest BCUT2D eigenvalue weighted by Gasteiger charge is 2.15. The van der Waals surface area contributed by atoms with Crippen molar-refractivity contribution in [2.45, 2.75) is 7.47 Å². The third-order valence-corrected chi connectivity index (χ3v) is 3.54. The molecule has 0 saturated heterocycles. The Balaban J connectivity index is 3.18. The molecule has 0 radical (unpaired) electrons. The number of hydrogen-bond donors (Lipinski definition) is 1. The summed E-state index contributed by atoms with van der Waals surface area (Å²) in [6.07, 6.45) is 0. The van der Waals surface area contributed by atoms with Crippen molar-refractivity contribution in [2.24, 2.45) is 0 Å². The van der Waals surface area contributed by atoms with E-state index in [1.807, 2.05) is 18.2 Å². The smallest absolute Gasteiger partial charge is 0.125 e. The number of alkyl halides is 4. The molecule has 0 atom stereocenters. The lowest BCUT2D eigenvalue weighted by Crippen LogP contribution is -1.88. The van der Waals surface area contributed by atoms with E-state index in [1.165, 1.54) is 0 Å². The van der Waals surface area contributed by atoms with Gasteiger partial charge in [0.15, 0.2) is 0 Å². The van der Waals surface area contributed by atoms with Crippen molar-refractivity contribution in [3.8, 4) is 5.75 Å². The van der Waals surface area contributed by atoms with Gasteiger partial charge in [0.2, 0.25) is 0 Å². The van der Waals surface area contributed by atoms with Crippen LogP contribution in [-0.4, -0.2) is 5.11 Å². The van der Waals surface area contributed by atoms with Gasteiger partial charge in [-0.3, -0.25) is 0 Å². The van der Waals surface area contributed by atoms with Crippen LogP contribution in [0.3, 0.4) is 0 Å². The molecular formula is C8H6Br4O. The number of phenolic OH excluding ortho intramolecular Hbond substituents is 1. The van der Waals surface area contributed by atoms with Crippen LogP contribution in [0.25, 0.3) is 0 Å². The van der Waals surface area contributed by atoms with Crippen molar-refractivity contribution < 1.29 is 5.11 Å². The zero-order valence-electron chi connectivity index (χ0n) is 6.35. The van der Waals surface area contributed by atoms with Gasteiger partial charge in [0, 0.05) is 11.1 Å². The van der Waals surface area contributed by atoms with Crippen LogP contribution in [0.1, 0.15) is 18.6 Å². The lowest BCUT2D eigenvalue weighted by molar-refractivity contribution is 0.466. The molecule has 0 saturated carbocycles. The molecule has 0 aliphatic carbocycles. The molecule has 13 heavy (non-hydrogen) atoms. The zero-order valence-corrected chi connectivity index (χ0v) is 12.7. The van der Waals surface area contributed by atoms with E-state index in [-0.39, 0.29) is 7.47 Å². The first-order chi connectivity index (χ1) is 6.04. The van der Waals surface area contributed by atoms with E-state index in [2.05, 4.69) is 63.7 Å². The van der Waals surface area contributed by atoms with Gasteiger partial charge in [0.25, 0.3) is 0 Å². The molecule has 1 aromatic rings. The first kappa shape index (κ1) is 12.0. The van der Waals surface area contributed by atoms with Crippen LogP contribution < -0.4 is 0 Å². The predicted octanol–water partition coefficient (Wildman–Crippen LogP) is 4.97. The van der Waals surface area contributed by atoms with Crippen LogP contribution in [0, 0.1) is 0 Å². The summed E-state index contributed by atoms with van der Waals surface area (Å²) in [5.41, 5.74) is 1.64. The van der Waals surface area contributed by atoms with Crippen molar-refractivity contribution in [1.29, 1.82) is 0 Å². The monoisotopic (exact) mass is 434 g/mol. The van der Waals surface area contributed by atoms with E-state index in [1.54, 1.807) is 0 Å². The summed E-state index contributed by atoms with van der Waals surface area (Å²) < 4.78 is -0.0580. The Morgan fingerprint density at radius 3 is 1.62 bits per heavy atom. The van der Waals surface area contributed by atoms with Gasteiger partial charge in [0.1, 0.15) is 5.75 Å². The largest absolute Gasteiger partial charge is 0.507 e. The first-order valence-electron chi connectivity index (χ1n) is 3.42. The van der Waals surface area contributed by atoms with Gasteiger partial charge in [0.05, 0.1) is 7.47 Å². The number of phenols is 1. The minimum absolute atomic E-state index is 0.0290. The van der Waals surface area contributed by atoms with E-state index < -0.39 is 0 Å². The normalized spacial score (nSPS) is 11.2. The predicted molar refractivity (Wildman–Crippen MR) is 69.3 cm³/mol. The fourth-order valence-corrected chi connectivity index (χ4v) is 2.41. The van der Waals surface area contributed by atoms with Gasteiger partial charge in [-0.1, -0.05) is 81.9 Å². The lowest BCUT2D eigenvalue weighted by atomic mass is 10.1. The molecule has 1 rings (SSSR count). The SMILES string of the molecule is Oc1c(C(Br)Br)cccc1C(Br)Br. The van der Waals surface area contributed by atoms with E-state index in [4.69, 9.17) is 0 Å². The van der Waals surface area contributed by atoms with E-state index in [0.29, 0.717) is 5.75 Å². The van der Waals surface area contributed by atoms with Gasteiger partial charge in [-0.25, -0.2) is 0 Å². The average molecular weight is 438 g/mol. The maximum absolute atomic E-state index is 9.81. The number of benzene rings is 1. The third-order valence-electron chi connectivity index (χ3n) is 1.57. The first-order valence-corrected chi connectivity index (χ1v) is 7.08. The highest BCUT2D eigenvalue weighted by atomic mass is 79.9. The van der Waals surface area contributed by atoms with Crippen molar-refractivity contribution in [3.63, 3.8) is 0 Å². The van der Waals surface area contributed by atoms with Crippen molar-refractivity contribution >= 4 is 63.7 Å². The quantitative estimate of drug-likeness (QED) is 0.648. The second kappa shape index (κ2) is 5.14. The van der Waals surface area contributed by atoms with E-state index in [0.717, 1.165) is 11.1 Å². The fraction of sp³-hybridized carbons (Fsp3) is 0.250. The highest BCUT2D eigenvalue weighted by Crippen LogP contribution is 2.42. The fourth-order valence-electron chi connectivity index (χ4n) is 0.932. The minimum Gasteiger partial charge on any atom is -0.507 e. The summed E-state index contributed by atoms with van der Waals surface area (Å²) in [5.74, 6) is 0.292. The summed E-state index contributed by atoms with van der Waals surface area (Å²) in [4.78, 5) is 0. The van der Waals surface area contributed by atoms with Crippen LogP contribution in [0.4, 0.5) is 0 Å². The van der Waals surface area contributed by atoms with Gasteiger partial charge in [-0.05, 0) is 0 Å². The molecule has 0 fully saturated rings. The standard InChI is InChI=1S/C8H6Br4O/c9-7(10)4-2-1-3-5(6(4)13)8(11)12/h1-3,7-8,13H. The molecule has 5 heteroatoms. The molecule has 0 aromatic heterocycles. The maximum atomic E-state index is 9.81. The van der Waals surface area contributed by atoms with Crippen molar-refractivity contribution in [1.82, 2.24) is 0 Å². The van der Waals surface area contributed by atoms with Crippen LogP contribution in [0.15, 0.2) is 18.2 Å². The van der Waals surface area contributed by atoms with Gasteiger partial charge >= 0.3 is 0 Å². The van der Waals surface area contributed by atoms with Gasteiger partial charge in [-0.2, -0.15) is 0 Å². The number of halogens is 4. The van der Waals surface area contributed by atoms with Crippen LogP contribution >= 0.6 is 63.7 Å². The Morgan fingerprint density at radius 1 is 0.923 bits per heavy atom. The van der Waals surface area contributed by atoms with Gasteiger partial charge < -0.3 is 5.11 Å². The Hall–Kier alpha value is 0.940. The summed E-state index contributed by atoms with van der Waals surface area (Å²) in [6, 6.07) is 5.61. The molecule has 0 aliphatic rings.